The number of nitro benzene ring substituents is 1. The second-order valence-corrected chi connectivity index (χ2v) is 6.56. The van der Waals surface area contributed by atoms with Crippen molar-refractivity contribution in [3.05, 3.63) is 39.7 Å². The van der Waals surface area contributed by atoms with Gasteiger partial charge < -0.3 is 14.6 Å². The molecule has 0 saturated heterocycles. The first-order chi connectivity index (χ1) is 12.4. The number of aryl methyl sites for hydroxylation is 2. The Morgan fingerprint density at radius 3 is 2.85 bits per heavy atom. The summed E-state index contributed by atoms with van der Waals surface area (Å²) in [5, 5.41) is 22.4. The summed E-state index contributed by atoms with van der Waals surface area (Å²) >= 11 is 1.27. The first-order valence-electron chi connectivity index (χ1n) is 7.98. The number of anilines is 1. The Bertz CT molecular complexity index is 793. The summed E-state index contributed by atoms with van der Waals surface area (Å²) in [7, 11) is 1.65. The van der Waals surface area contributed by atoms with Gasteiger partial charge in [0.2, 0.25) is 5.91 Å². The standard InChI is InChI=1S/C16H21N5O4S/c1-11-5-6-13(21(23)24)9-14(11)17-15(22)10-26-16-19-18-12(2)20(16)7-4-8-25-3/h5-6,9H,4,7-8,10H2,1-3H3,(H,17,22). The van der Waals surface area contributed by atoms with Crippen LogP contribution in [0.15, 0.2) is 23.4 Å². The van der Waals surface area contributed by atoms with Crippen LogP contribution in [0.5, 0.6) is 0 Å². The Hall–Kier alpha value is -2.46. The maximum atomic E-state index is 12.2. The molecule has 0 aliphatic heterocycles. The molecule has 2 rings (SSSR count). The SMILES string of the molecule is COCCCn1c(C)nnc1SCC(=O)Nc1cc([N+](=O)[O-])ccc1C. The number of aromatic nitrogens is 3. The highest BCUT2D eigenvalue weighted by Crippen LogP contribution is 2.23. The second-order valence-electron chi connectivity index (χ2n) is 5.62. The van der Waals surface area contributed by atoms with Crippen LogP contribution in [0.1, 0.15) is 17.8 Å². The van der Waals surface area contributed by atoms with Gasteiger partial charge in [-0.1, -0.05) is 17.8 Å². The summed E-state index contributed by atoms with van der Waals surface area (Å²) < 4.78 is 6.99. The van der Waals surface area contributed by atoms with Crippen LogP contribution < -0.4 is 5.32 Å². The fraction of sp³-hybridized carbons (Fsp3) is 0.438. The summed E-state index contributed by atoms with van der Waals surface area (Å²) in [5.74, 6) is 0.645. The number of carbonyl (C=O) groups excluding carboxylic acids is 1. The quantitative estimate of drug-likeness (QED) is 0.308. The Morgan fingerprint density at radius 1 is 1.38 bits per heavy atom. The summed E-state index contributed by atoms with van der Waals surface area (Å²) in [5.41, 5.74) is 1.13. The van der Waals surface area contributed by atoms with Crippen molar-refractivity contribution in [3.8, 4) is 0 Å². The molecule has 0 aliphatic rings. The van der Waals surface area contributed by atoms with E-state index in [-0.39, 0.29) is 17.3 Å². The fourth-order valence-electron chi connectivity index (χ4n) is 2.27. The van der Waals surface area contributed by atoms with Gasteiger partial charge in [0.15, 0.2) is 5.16 Å². The summed E-state index contributed by atoms with van der Waals surface area (Å²) in [6.07, 6.45) is 0.821. The highest BCUT2D eigenvalue weighted by atomic mass is 32.2. The molecule has 0 atom stereocenters. The van der Waals surface area contributed by atoms with Gasteiger partial charge in [-0.15, -0.1) is 10.2 Å². The van der Waals surface area contributed by atoms with Crippen LogP contribution in [-0.2, 0) is 16.1 Å². The van der Waals surface area contributed by atoms with Gasteiger partial charge in [-0.05, 0) is 25.8 Å². The summed E-state index contributed by atoms with van der Waals surface area (Å²) in [6.45, 7) is 4.98. The van der Waals surface area contributed by atoms with E-state index in [1.54, 1.807) is 20.1 Å². The Balaban J connectivity index is 1.97. The smallest absolute Gasteiger partial charge is 0.271 e. The van der Waals surface area contributed by atoms with Crippen molar-refractivity contribution in [1.82, 2.24) is 14.8 Å². The molecule has 140 valence electrons. The first-order valence-corrected chi connectivity index (χ1v) is 8.97. The van der Waals surface area contributed by atoms with Crippen molar-refractivity contribution in [2.24, 2.45) is 0 Å². The van der Waals surface area contributed by atoms with Crippen LogP contribution in [0.4, 0.5) is 11.4 Å². The number of hydrogen-bond donors (Lipinski definition) is 1. The third-order valence-corrected chi connectivity index (χ3v) is 4.64. The number of benzene rings is 1. The van der Waals surface area contributed by atoms with Crippen LogP contribution in [-0.4, -0.2) is 45.1 Å². The monoisotopic (exact) mass is 379 g/mol. The number of nitrogens with one attached hydrogen (secondary N) is 1. The van der Waals surface area contributed by atoms with Crippen LogP contribution in [0.25, 0.3) is 0 Å². The van der Waals surface area contributed by atoms with Crippen molar-refractivity contribution in [1.29, 1.82) is 0 Å². The zero-order valence-electron chi connectivity index (χ0n) is 14.9. The molecule has 9 nitrogen and oxygen atoms in total. The third kappa shape index (κ3) is 5.27. The predicted octanol–water partition coefficient (Wildman–Crippen LogP) is 2.57. The van der Waals surface area contributed by atoms with Gasteiger partial charge in [0, 0.05) is 32.4 Å². The van der Waals surface area contributed by atoms with Crippen molar-refractivity contribution in [2.75, 3.05) is 24.8 Å². The molecule has 1 aromatic carbocycles. The first kappa shape index (κ1) is 19.9. The lowest BCUT2D eigenvalue weighted by atomic mass is 10.2. The van der Waals surface area contributed by atoms with E-state index in [1.165, 1.54) is 23.9 Å². The topological polar surface area (TPSA) is 112 Å². The second kappa shape index (κ2) is 9.30. The van der Waals surface area contributed by atoms with Crippen molar-refractivity contribution >= 4 is 29.0 Å². The number of nitrogens with zero attached hydrogens (tertiary/aromatic N) is 4. The van der Waals surface area contributed by atoms with Gasteiger partial charge in [-0.3, -0.25) is 14.9 Å². The molecule has 2 aromatic rings. The number of non-ortho nitro benzene ring substituents is 1. The molecule has 0 bridgehead atoms. The molecule has 0 radical (unpaired) electrons. The molecule has 0 unspecified atom stereocenters. The lowest BCUT2D eigenvalue weighted by Crippen LogP contribution is -2.15. The minimum atomic E-state index is -0.491. The van der Waals surface area contributed by atoms with Crippen molar-refractivity contribution in [3.63, 3.8) is 0 Å². The highest BCUT2D eigenvalue weighted by molar-refractivity contribution is 7.99. The fourth-order valence-corrected chi connectivity index (χ4v) is 3.08. The average molecular weight is 379 g/mol. The summed E-state index contributed by atoms with van der Waals surface area (Å²) in [4.78, 5) is 22.6. The van der Waals surface area contributed by atoms with E-state index in [0.717, 1.165) is 17.8 Å². The molecule has 26 heavy (non-hydrogen) atoms. The number of nitro groups is 1. The van der Waals surface area contributed by atoms with E-state index in [0.29, 0.717) is 24.0 Å². The maximum Gasteiger partial charge on any atom is 0.271 e. The predicted molar refractivity (Wildman–Crippen MR) is 98.4 cm³/mol. The van der Waals surface area contributed by atoms with E-state index in [4.69, 9.17) is 4.74 Å². The molecule has 0 aliphatic carbocycles. The number of amides is 1. The Morgan fingerprint density at radius 2 is 2.15 bits per heavy atom. The average Bonchev–Trinajstić information content (AvgIpc) is 2.95. The minimum absolute atomic E-state index is 0.0629. The largest absolute Gasteiger partial charge is 0.385 e. The third-order valence-electron chi connectivity index (χ3n) is 3.67. The number of hydrogen-bond acceptors (Lipinski definition) is 7. The number of thioether (sulfide) groups is 1. The van der Waals surface area contributed by atoms with Gasteiger partial charge in [0.05, 0.1) is 16.4 Å². The maximum absolute atomic E-state index is 12.2. The minimum Gasteiger partial charge on any atom is -0.385 e. The van der Waals surface area contributed by atoms with E-state index >= 15 is 0 Å². The molecule has 0 saturated carbocycles. The molecule has 0 fully saturated rings. The van der Waals surface area contributed by atoms with E-state index in [1.807, 2.05) is 11.5 Å². The van der Waals surface area contributed by atoms with Crippen LogP contribution in [0, 0.1) is 24.0 Å². The van der Waals surface area contributed by atoms with Gasteiger partial charge in [-0.2, -0.15) is 0 Å². The van der Waals surface area contributed by atoms with Crippen molar-refractivity contribution < 1.29 is 14.5 Å². The van der Waals surface area contributed by atoms with E-state index in [2.05, 4.69) is 15.5 Å². The van der Waals surface area contributed by atoms with E-state index in [9.17, 15) is 14.9 Å². The van der Waals surface area contributed by atoms with Gasteiger partial charge in [-0.25, -0.2) is 0 Å². The number of ether oxygens (including phenoxy) is 1. The molecular formula is C16H21N5O4S. The van der Waals surface area contributed by atoms with Gasteiger partial charge >= 0.3 is 0 Å². The molecule has 10 heteroatoms. The molecule has 1 heterocycles. The van der Waals surface area contributed by atoms with Crippen LogP contribution in [0.3, 0.4) is 0 Å². The number of methoxy groups -OCH3 is 1. The zero-order valence-corrected chi connectivity index (χ0v) is 15.7. The lowest BCUT2D eigenvalue weighted by Gasteiger charge is -2.09. The molecule has 1 amide bonds. The number of rotatable bonds is 9. The van der Waals surface area contributed by atoms with Gasteiger partial charge in [0.1, 0.15) is 5.82 Å². The zero-order chi connectivity index (χ0) is 19.1. The Labute approximate surface area is 155 Å². The van der Waals surface area contributed by atoms with Crippen molar-refractivity contribution in [2.45, 2.75) is 32.0 Å². The molecule has 0 spiro atoms. The number of carbonyl (C=O) groups is 1. The van der Waals surface area contributed by atoms with Gasteiger partial charge in [0.25, 0.3) is 5.69 Å². The molecule has 1 aromatic heterocycles. The molecule has 1 N–H and O–H groups in total. The normalized spacial score (nSPS) is 10.7. The summed E-state index contributed by atoms with van der Waals surface area (Å²) in [6, 6.07) is 4.37. The Kier molecular flexibility index (Phi) is 7.10. The highest BCUT2D eigenvalue weighted by Gasteiger charge is 2.14. The van der Waals surface area contributed by atoms with Crippen LogP contribution in [0.2, 0.25) is 0 Å². The molecular weight excluding hydrogens is 358 g/mol. The van der Waals surface area contributed by atoms with E-state index < -0.39 is 4.92 Å². The lowest BCUT2D eigenvalue weighted by molar-refractivity contribution is -0.384. The van der Waals surface area contributed by atoms with Crippen LogP contribution >= 0.6 is 11.8 Å².